The fourth-order valence-electron chi connectivity index (χ4n) is 2.57. The normalized spacial score (nSPS) is 28.2. The molecule has 1 saturated heterocycles. The third kappa shape index (κ3) is 3.95. The van der Waals surface area contributed by atoms with Crippen LogP contribution in [-0.2, 0) is 9.53 Å². The van der Waals surface area contributed by atoms with Gasteiger partial charge in [-0.15, -0.1) is 0 Å². The van der Waals surface area contributed by atoms with E-state index in [1.165, 1.54) is 19.3 Å². The SMILES string of the molecule is CC(C)CCN(CC1CCC(C(=O)O)O1)C1CC1. The third-order valence-electron chi connectivity index (χ3n) is 3.88. The van der Waals surface area contributed by atoms with Crippen LogP contribution in [0.15, 0.2) is 0 Å². The van der Waals surface area contributed by atoms with E-state index in [1.807, 2.05) is 0 Å². The molecule has 0 bridgehead atoms. The molecule has 0 radical (unpaired) electrons. The molecule has 2 atom stereocenters. The summed E-state index contributed by atoms with van der Waals surface area (Å²) >= 11 is 0. The zero-order chi connectivity index (χ0) is 13.1. The lowest BCUT2D eigenvalue weighted by molar-refractivity contribution is -0.149. The predicted octanol–water partition coefficient (Wildman–Crippen LogP) is 2.13. The first-order valence-electron chi connectivity index (χ1n) is 7.18. The summed E-state index contributed by atoms with van der Waals surface area (Å²) in [6.45, 7) is 6.54. The fraction of sp³-hybridized carbons (Fsp3) is 0.929. The van der Waals surface area contributed by atoms with Gasteiger partial charge in [-0.3, -0.25) is 4.90 Å². The standard InChI is InChI=1S/C14H25NO3/c1-10(2)7-8-15(11-3-4-11)9-12-5-6-13(18-12)14(16)17/h10-13H,3-9H2,1-2H3,(H,16,17). The Bertz CT molecular complexity index is 289. The minimum absolute atomic E-state index is 0.124. The van der Waals surface area contributed by atoms with E-state index in [1.54, 1.807) is 0 Å². The maximum absolute atomic E-state index is 10.9. The summed E-state index contributed by atoms with van der Waals surface area (Å²) in [7, 11) is 0. The number of ether oxygens (including phenoxy) is 1. The number of carbonyl (C=O) groups is 1. The van der Waals surface area contributed by atoms with E-state index in [-0.39, 0.29) is 6.10 Å². The van der Waals surface area contributed by atoms with Crippen molar-refractivity contribution < 1.29 is 14.6 Å². The molecule has 2 aliphatic rings. The van der Waals surface area contributed by atoms with Gasteiger partial charge in [0.2, 0.25) is 0 Å². The summed E-state index contributed by atoms with van der Waals surface area (Å²) in [6.07, 6.45) is 4.93. The molecular formula is C14H25NO3. The number of nitrogens with zero attached hydrogens (tertiary/aromatic N) is 1. The van der Waals surface area contributed by atoms with Crippen LogP contribution in [0, 0.1) is 5.92 Å². The first kappa shape index (κ1) is 13.8. The molecule has 2 fully saturated rings. The molecule has 0 aromatic heterocycles. The van der Waals surface area contributed by atoms with Gasteiger partial charge >= 0.3 is 5.97 Å². The minimum Gasteiger partial charge on any atom is -0.479 e. The molecule has 1 N–H and O–H groups in total. The van der Waals surface area contributed by atoms with Gasteiger partial charge in [-0.1, -0.05) is 13.8 Å². The van der Waals surface area contributed by atoms with Crippen molar-refractivity contribution in [1.29, 1.82) is 0 Å². The molecule has 1 aliphatic carbocycles. The van der Waals surface area contributed by atoms with Crippen molar-refractivity contribution in [1.82, 2.24) is 4.90 Å². The van der Waals surface area contributed by atoms with E-state index in [0.29, 0.717) is 6.42 Å². The van der Waals surface area contributed by atoms with Crippen LogP contribution in [0.1, 0.15) is 46.0 Å². The van der Waals surface area contributed by atoms with Crippen LogP contribution in [0.5, 0.6) is 0 Å². The maximum atomic E-state index is 10.9. The monoisotopic (exact) mass is 255 g/mol. The van der Waals surface area contributed by atoms with Gasteiger partial charge < -0.3 is 9.84 Å². The van der Waals surface area contributed by atoms with Crippen LogP contribution in [0.4, 0.5) is 0 Å². The average Bonchev–Trinajstić information content (AvgIpc) is 3.03. The second-order valence-corrected chi connectivity index (χ2v) is 6.07. The lowest BCUT2D eigenvalue weighted by Gasteiger charge is -2.26. The lowest BCUT2D eigenvalue weighted by Crippen LogP contribution is -2.36. The quantitative estimate of drug-likeness (QED) is 0.757. The highest BCUT2D eigenvalue weighted by Crippen LogP contribution is 2.30. The van der Waals surface area contributed by atoms with Crippen molar-refractivity contribution in [2.75, 3.05) is 13.1 Å². The van der Waals surface area contributed by atoms with Gasteiger partial charge in [0, 0.05) is 12.6 Å². The van der Waals surface area contributed by atoms with Gasteiger partial charge in [0.15, 0.2) is 6.10 Å². The van der Waals surface area contributed by atoms with Gasteiger partial charge in [0.05, 0.1) is 6.10 Å². The molecule has 0 spiro atoms. The molecule has 2 rings (SSSR count). The minimum atomic E-state index is -0.808. The first-order chi connectivity index (χ1) is 8.56. The molecule has 0 amide bonds. The van der Waals surface area contributed by atoms with Crippen molar-refractivity contribution in [3.63, 3.8) is 0 Å². The van der Waals surface area contributed by atoms with Gasteiger partial charge in [-0.25, -0.2) is 4.79 Å². The van der Waals surface area contributed by atoms with Crippen LogP contribution in [0.3, 0.4) is 0 Å². The first-order valence-corrected chi connectivity index (χ1v) is 7.18. The Morgan fingerprint density at radius 2 is 2.06 bits per heavy atom. The van der Waals surface area contributed by atoms with Crippen molar-refractivity contribution >= 4 is 5.97 Å². The Morgan fingerprint density at radius 3 is 2.56 bits per heavy atom. The van der Waals surface area contributed by atoms with Crippen LogP contribution in [0.2, 0.25) is 0 Å². The molecule has 2 unspecified atom stereocenters. The van der Waals surface area contributed by atoms with Crippen molar-refractivity contribution in [3.8, 4) is 0 Å². The predicted molar refractivity (Wildman–Crippen MR) is 69.6 cm³/mol. The van der Waals surface area contributed by atoms with Gasteiger partial charge in [-0.2, -0.15) is 0 Å². The van der Waals surface area contributed by atoms with E-state index in [9.17, 15) is 4.79 Å². The second kappa shape index (κ2) is 6.02. The summed E-state index contributed by atoms with van der Waals surface area (Å²) in [4.78, 5) is 13.4. The van der Waals surface area contributed by atoms with Gasteiger partial charge in [0.1, 0.15) is 0 Å². The van der Waals surface area contributed by atoms with Crippen LogP contribution >= 0.6 is 0 Å². The molecule has 104 valence electrons. The Labute approximate surface area is 109 Å². The summed E-state index contributed by atoms with van der Waals surface area (Å²) in [5.74, 6) is -0.0832. The molecule has 1 heterocycles. The topological polar surface area (TPSA) is 49.8 Å². The molecule has 4 heteroatoms. The van der Waals surface area contributed by atoms with E-state index in [0.717, 1.165) is 31.5 Å². The maximum Gasteiger partial charge on any atom is 0.332 e. The van der Waals surface area contributed by atoms with Crippen LogP contribution in [0.25, 0.3) is 0 Å². The summed E-state index contributed by atoms with van der Waals surface area (Å²) in [5.41, 5.74) is 0. The van der Waals surface area contributed by atoms with E-state index < -0.39 is 12.1 Å². The van der Waals surface area contributed by atoms with Gasteiger partial charge in [0.25, 0.3) is 0 Å². The average molecular weight is 255 g/mol. The van der Waals surface area contributed by atoms with E-state index in [4.69, 9.17) is 9.84 Å². The molecule has 0 aromatic rings. The van der Waals surface area contributed by atoms with Crippen molar-refractivity contribution in [2.24, 2.45) is 5.92 Å². The number of carboxylic acid groups (broad SMARTS) is 1. The Hall–Kier alpha value is -0.610. The summed E-state index contributed by atoms with van der Waals surface area (Å²) in [5, 5.41) is 8.92. The van der Waals surface area contributed by atoms with E-state index in [2.05, 4.69) is 18.7 Å². The summed E-state index contributed by atoms with van der Waals surface area (Å²) in [6, 6.07) is 0.733. The molecular weight excluding hydrogens is 230 g/mol. The lowest BCUT2D eigenvalue weighted by atomic mass is 10.1. The van der Waals surface area contributed by atoms with Gasteiger partial charge in [-0.05, 0) is 44.6 Å². The highest BCUT2D eigenvalue weighted by molar-refractivity contribution is 5.72. The Kier molecular flexibility index (Phi) is 4.62. The van der Waals surface area contributed by atoms with Crippen LogP contribution < -0.4 is 0 Å². The highest BCUT2D eigenvalue weighted by Gasteiger charge is 2.35. The molecule has 18 heavy (non-hydrogen) atoms. The number of hydrogen-bond donors (Lipinski definition) is 1. The number of carboxylic acids is 1. The molecule has 1 aliphatic heterocycles. The molecule has 0 aromatic carbocycles. The van der Waals surface area contributed by atoms with Crippen molar-refractivity contribution in [3.05, 3.63) is 0 Å². The highest BCUT2D eigenvalue weighted by atomic mass is 16.5. The Morgan fingerprint density at radius 1 is 1.33 bits per heavy atom. The second-order valence-electron chi connectivity index (χ2n) is 6.07. The number of hydrogen-bond acceptors (Lipinski definition) is 3. The Balaban J connectivity index is 1.77. The fourth-order valence-corrected chi connectivity index (χ4v) is 2.57. The molecule has 1 saturated carbocycles. The zero-order valence-corrected chi connectivity index (χ0v) is 11.5. The summed E-state index contributed by atoms with van der Waals surface area (Å²) < 4.78 is 5.60. The largest absolute Gasteiger partial charge is 0.479 e. The van der Waals surface area contributed by atoms with E-state index >= 15 is 0 Å². The third-order valence-corrected chi connectivity index (χ3v) is 3.88. The number of rotatable bonds is 7. The van der Waals surface area contributed by atoms with Crippen molar-refractivity contribution in [2.45, 2.75) is 64.2 Å². The number of aliphatic carboxylic acids is 1. The zero-order valence-electron chi connectivity index (χ0n) is 11.5. The van der Waals surface area contributed by atoms with Crippen LogP contribution in [-0.4, -0.2) is 47.3 Å². The molecule has 4 nitrogen and oxygen atoms in total. The smallest absolute Gasteiger partial charge is 0.332 e.